The summed E-state index contributed by atoms with van der Waals surface area (Å²) >= 11 is 0. The number of anilines is 1. The van der Waals surface area contributed by atoms with Crippen LogP contribution < -0.4 is 5.32 Å². The van der Waals surface area contributed by atoms with Crippen LogP contribution in [0.2, 0.25) is 0 Å². The quantitative estimate of drug-likeness (QED) is 0.645. The van der Waals surface area contributed by atoms with Crippen LogP contribution in [0.4, 0.5) is 5.69 Å². The average Bonchev–Trinajstić information content (AvgIpc) is 3.15. The number of pyridine rings is 1. The molecule has 0 aliphatic carbocycles. The van der Waals surface area contributed by atoms with E-state index in [2.05, 4.69) is 15.4 Å². The Labute approximate surface area is 169 Å². The number of ether oxygens (including phenoxy) is 1. The van der Waals surface area contributed by atoms with Crippen LogP contribution in [0.3, 0.4) is 0 Å². The molecule has 0 saturated heterocycles. The maximum absolute atomic E-state index is 12.6. The highest BCUT2D eigenvalue weighted by atomic mass is 16.5. The molecule has 29 heavy (non-hydrogen) atoms. The number of nitrogens with one attached hydrogen (secondary N) is 1. The molecule has 3 aromatic rings. The number of aromatic nitrogens is 3. The van der Waals surface area contributed by atoms with Gasteiger partial charge in [0.15, 0.2) is 12.4 Å². The van der Waals surface area contributed by atoms with E-state index in [1.54, 1.807) is 10.9 Å². The lowest BCUT2D eigenvalue weighted by atomic mass is 10.1. The van der Waals surface area contributed by atoms with E-state index in [0.29, 0.717) is 22.8 Å². The number of esters is 1. The van der Waals surface area contributed by atoms with Gasteiger partial charge >= 0.3 is 5.97 Å². The van der Waals surface area contributed by atoms with E-state index in [-0.39, 0.29) is 12.5 Å². The van der Waals surface area contributed by atoms with E-state index in [0.717, 1.165) is 11.1 Å². The van der Waals surface area contributed by atoms with Gasteiger partial charge in [0.2, 0.25) is 0 Å². The molecule has 7 heteroatoms. The summed E-state index contributed by atoms with van der Waals surface area (Å²) in [6, 6.07) is 11.1. The number of hydrogen-bond acceptors (Lipinski definition) is 5. The van der Waals surface area contributed by atoms with Crippen LogP contribution in [0.5, 0.6) is 0 Å². The molecule has 1 N–H and O–H groups in total. The molecule has 7 nitrogen and oxygen atoms in total. The van der Waals surface area contributed by atoms with Gasteiger partial charge in [0.05, 0.1) is 11.9 Å². The second-order valence-corrected chi connectivity index (χ2v) is 7.12. The summed E-state index contributed by atoms with van der Waals surface area (Å²) in [5, 5.41) is 7.03. The zero-order chi connectivity index (χ0) is 21.0. The number of amides is 1. The van der Waals surface area contributed by atoms with Gasteiger partial charge in [0.1, 0.15) is 5.56 Å². The fourth-order valence-electron chi connectivity index (χ4n) is 2.96. The number of hydrogen-bond donors (Lipinski definition) is 1. The molecule has 2 heterocycles. The second kappa shape index (κ2) is 8.68. The highest BCUT2D eigenvalue weighted by Gasteiger charge is 2.23. The first-order chi connectivity index (χ1) is 13.9. The van der Waals surface area contributed by atoms with Crippen molar-refractivity contribution < 1.29 is 14.3 Å². The van der Waals surface area contributed by atoms with Crippen molar-refractivity contribution in [1.29, 1.82) is 0 Å². The van der Waals surface area contributed by atoms with E-state index in [9.17, 15) is 9.59 Å². The molecule has 0 saturated carbocycles. The molecule has 0 spiro atoms. The molecule has 0 aliphatic heterocycles. The summed E-state index contributed by atoms with van der Waals surface area (Å²) in [5.74, 6) is -0.370. The first kappa shape index (κ1) is 20.3. The minimum atomic E-state index is -0.592. The first-order valence-electron chi connectivity index (χ1n) is 9.40. The predicted octanol–water partition coefficient (Wildman–Crippen LogP) is 3.80. The van der Waals surface area contributed by atoms with Crippen LogP contribution in [0.15, 0.2) is 48.8 Å². The summed E-state index contributed by atoms with van der Waals surface area (Å²) in [7, 11) is 0. The summed E-state index contributed by atoms with van der Waals surface area (Å²) in [6.45, 7) is 7.51. The Hall–Kier alpha value is -3.48. The molecule has 0 bridgehead atoms. The van der Waals surface area contributed by atoms with Gasteiger partial charge in [0.25, 0.3) is 5.91 Å². The van der Waals surface area contributed by atoms with Crippen molar-refractivity contribution in [2.45, 2.75) is 33.6 Å². The maximum Gasteiger partial charge on any atom is 0.342 e. The van der Waals surface area contributed by atoms with Crippen LogP contribution in [0.25, 0.3) is 5.82 Å². The van der Waals surface area contributed by atoms with Crippen LogP contribution in [-0.4, -0.2) is 33.2 Å². The van der Waals surface area contributed by atoms with Crippen molar-refractivity contribution in [2.75, 3.05) is 11.9 Å². The third-order valence-corrected chi connectivity index (χ3v) is 4.56. The zero-order valence-electron chi connectivity index (χ0n) is 17.0. The number of carbonyl (C=O) groups excluding carboxylic acids is 2. The normalized spacial score (nSPS) is 10.8. The highest BCUT2D eigenvalue weighted by Crippen LogP contribution is 2.23. The molecule has 1 aromatic carbocycles. The lowest BCUT2D eigenvalue weighted by Gasteiger charge is -2.12. The molecule has 150 valence electrons. The van der Waals surface area contributed by atoms with Crippen LogP contribution in [-0.2, 0) is 9.53 Å². The zero-order valence-corrected chi connectivity index (χ0v) is 17.0. The maximum atomic E-state index is 12.6. The Balaban J connectivity index is 1.70. The summed E-state index contributed by atoms with van der Waals surface area (Å²) in [4.78, 5) is 29.0. The molecule has 0 aliphatic rings. The average molecular weight is 392 g/mol. The van der Waals surface area contributed by atoms with Gasteiger partial charge in [0, 0.05) is 11.9 Å². The van der Waals surface area contributed by atoms with Gasteiger partial charge in [-0.3, -0.25) is 4.79 Å². The number of aryl methyl sites for hydroxylation is 2. The molecular weight excluding hydrogens is 368 g/mol. The van der Waals surface area contributed by atoms with E-state index in [1.807, 2.05) is 64.1 Å². The number of nitrogens with zero attached hydrogens (tertiary/aromatic N) is 3. The van der Waals surface area contributed by atoms with Gasteiger partial charge in [-0.1, -0.05) is 26.0 Å². The summed E-state index contributed by atoms with van der Waals surface area (Å²) in [5.41, 5.74) is 3.89. The van der Waals surface area contributed by atoms with Crippen LogP contribution in [0.1, 0.15) is 46.9 Å². The Kier molecular flexibility index (Phi) is 6.07. The summed E-state index contributed by atoms with van der Waals surface area (Å²) in [6.07, 6.45) is 3.11. The molecule has 1 amide bonds. The fraction of sp³-hybridized carbons (Fsp3) is 0.273. The minimum Gasteiger partial charge on any atom is -0.452 e. The Bertz CT molecular complexity index is 1030. The number of benzene rings is 1. The smallest absolute Gasteiger partial charge is 0.342 e. The number of carbonyl (C=O) groups is 2. The highest BCUT2D eigenvalue weighted by molar-refractivity contribution is 5.96. The molecular formula is C22H24N4O3. The topological polar surface area (TPSA) is 86.1 Å². The third kappa shape index (κ3) is 4.68. The van der Waals surface area contributed by atoms with Gasteiger partial charge in [-0.05, 0) is 55.2 Å². The predicted molar refractivity (Wildman–Crippen MR) is 110 cm³/mol. The minimum absolute atomic E-state index is 0.00594. The molecule has 2 aromatic heterocycles. The largest absolute Gasteiger partial charge is 0.452 e. The third-order valence-electron chi connectivity index (χ3n) is 4.56. The lowest BCUT2D eigenvalue weighted by molar-refractivity contribution is -0.119. The molecule has 0 radical (unpaired) electrons. The van der Waals surface area contributed by atoms with Crippen LogP contribution >= 0.6 is 0 Å². The van der Waals surface area contributed by atoms with E-state index in [4.69, 9.17) is 4.74 Å². The van der Waals surface area contributed by atoms with Crippen molar-refractivity contribution in [1.82, 2.24) is 14.8 Å². The van der Waals surface area contributed by atoms with Crippen molar-refractivity contribution in [2.24, 2.45) is 0 Å². The Morgan fingerprint density at radius 3 is 2.59 bits per heavy atom. The van der Waals surface area contributed by atoms with Crippen LogP contribution in [0, 0.1) is 13.8 Å². The van der Waals surface area contributed by atoms with Gasteiger partial charge in [-0.25, -0.2) is 14.5 Å². The van der Waals surface area contributed by atoms with Crippen molar-refractivity contribution in [3.05, 3.63) is 71.2 Å². The SMILES string of the molecule is Cc1ccc(NC(=O)COC(=O)c2cnn(-c3ccccn3)c2C(C)C)cc1C. The molecule has 0 fully saturated rings. The van der Waals surface area contributed by atoms with Gasteiger partial charge < -0.3 is 10.1 Å². The van der Waals surface area contributed by atoms with Gasteiger partial charge in [-0.2, -0.15) is 5.10 Å². The second-order valence-electron chi connectivity index (χ2n) is 7.12. The number of rotatable bonds is 6. The van der Waals surface area contributed by atoms with E-state index >= 15 is 0 Å². The van der Waals surface area contributed by atoms with Crippen molar-refractivity contribution >= 4 is 17.6 Å². The van der Waals surface area contributed by atoms with E-state index in [1.165, 1.54) is 6.20 Å². The molecule has 0 atom stereocenters. The monoisotopic (exact) mass is 392 g/mol. The Morgan fingerprint density at radius 1 is 1.14 bits per heavy atom. The van der Waals surface area contributed by atoms with Crippen molar-refractivity contribution in [3.8, 4) is 5.82 Å². The lowest BCUT2D eigenvalue weighted by Crippen LogP contribution is -2.21. The first-order valence-corrected chi connectivity index (χ1v) is 9.40. The summed E-state index contributed by atoms with van der Waals surface area (Å²) < 4.78 is 6.85. The van der Waals surface area contributed by atoms with Gasteiger partial charge in [-0.15, -0.1) is 0 Å². The van der Waals surface area contributed by atoms with Crippen molar-refractivity contribution in [3.63, 3.8) is 0 Å². The van der Waals surface area contributed by atoms with E-state index < -0.39 is 11.9 Å². The standard InChI is InChI=1S/C22H24N4O3/c1-14(2)21-18(12-24-26(21)19-7-5-6-10-23-19)22(28)29-13-20(27)25-17-9-8-15(3)16(4)11-17/h5-12,14H,13H2,1-4H3,(H,25,27). The molecule has 3 rings (SSSR count). The molecule has 0 unspecified atom stereocenters. The Morgan fingerprint density at radius 2 is 1.93 bits per heavy atom. The fourth-order valence-corrected chi connectivity index (χ4v) is 2.96.